The maximum Gasteiger partial charge on any atom is 0.151 e. The molecule has 0 amide bonds. The molecule has 0 saturated carbocycles. The molecule has 0 N–H and O–H groups in total. The van der Waals surface area contributed by atoms with Crippen LogP contribution in [0.3, 0.4) is 0 Å². The summed E-state index contributed by atoms with van der Waals surface area (Å²) in [4.78, 5) is 12.1. The molecule has 262 valence electrons. The Kier molecular flexibility index (Phi) is 13.7. The molecule has 52 heavy (non-hydrogen) atoms. The maximum atomic E-state index is 9.48. The highest BCUT2D eigenvalue weighted by molar-refractivity contribution is 8.06. The summed E-state index contributed by atoms with van der Waals surface area (Å²) < 4.78 is 6.21. The number of aryl methyl sites for hydroxylation is 2. The largest absolute Gasteiger partial charge is 0.458 e. The van der Waals surface area contributed by atoms with Gasteiger partial charge in [-0.05, 0) is 85.7 Å². The minimum absolute atomic E-state index is 0.446. The highest BCUT2D eigenvalue weighted by Crippen LogP contribution is 2.52. The SMILES string of the molecule is C/C=C\C1=C(C)Oc2ccccc2N1c1cc(C)c(-c2ccc3cccc4c3c2-c2nc(SC#N)c(SC#N)nc2-4)cc1C.C=CC=C.CC.CC. The summed E-state index contributed by atoms with van der Waals surface area (Å²) in [6, 6.07) is 23.1. The molecule has 1 aliphatic heterocycles. The molecule has 5 aromatic rings. The molecule has 0 atom stereocenters. The lowest BCUT2D eigenvalue weighted by molar-refractivity contribution is 0.414. The van der Waals surface area contributed by atoms with E-state index in [4.69, 9.17) is 14.7 Å². The number of thiocyanates is 2. The topological polar surface area (TPSA) is 85.8 Å². The van der Waals surface area contributed by atoms with Gasteiger partial charge < -0.3 is 9.64 Å². The molecule has 0 radical (unpaired) electrons. The molecule has 6 nitrogen and oxygen atoms in total. The number of hydrogen-bond acceptors (Lipinski definition) is 8. The van der Waals surface area contributed by atoms with Gasteiger partial charge in [0.15, 0.2) is 5.75 Å². The smallest absolute Gasteiger partial charge is 0.151 e. The number of para-hydroxylation sites is 2. The van der Waals surface area contributed by atoms with Crippen LogP contribution in [-0.4, -0.2) is 9.97 Å². The molecule has 1 aliphatic carbocycles. The maximum absolute atomic E-state index is 9.48. The van der Waals surface area contributed by atoms with Crippen molar-refractivity contribution in [1.29, 1.82) is 10.5 Å². The van der Waals surface area contributed by atoms with E-state index in [1.807, 2.05) is 71.9 Å². The van der Waals surface area contributed by atoms with Gasteiger partial charge in [0.2, 0.25) is 0 Å². The second-order valence-corrected chi connectivity index (χ2v) is 12.6. The summed E-state index contributed by atoms with van der Waals surface area (Å²) in [6.07, 6.45) is 7.40. The van der Waals surface area contributed by atoms with E-state index in [-0.39, 0.29) is 0 Å². The summed E-state index contributed by atoms with van der Waals surface area (Å²) in [6.45, 7) is 23.0. The fraction of sp³-hybridized carbons (Fsp3) is 0.182. The van der Waals surface area contributed by atoms with Crippen LogP contribution in [0.15, 0.2) is 126 Å². The van der Waals surface area contributed by atoms with Crippen molar-refractivity contribution < 1.29 is 4.74 Å². The fourth-order valence-electron chi connectivity index (χ4n) is 6.21. The number of aromatic nitrogens is 2. The summed E-state index contributed by atoms with van der Waals surface area (Å²) in [5.41, 5.74) is 10.9. The summed E-state index contributed by atoms with van der Waals surface area (Å²) in [5, 5.41) is 26.2. The third kappa shape index (κ3) is 7.41. The van der Waals surface area contributed by atoms with Crippen LogP contribution in [0.5, 0.6) is 5.75 Å². The summed E-state index contributed by atoms with van der Waals surface area (Å²) in [5.74, 6) is 1.66. The number of nitriles is 2. The lowest BCUT2D eigenvalue weighted by Crippen LogP contribution is -2.23. The van der Waals surface area contributed by atoms with Gasteiger partial charge in [-0.25, -0.2) is 9.97 Å². The van der Waals surface area contributed by atoms with Crippen molar-refractivity contribution in [1.82, 2.24) is 9.97 Å². The Balaban J connectivity index is 0.000000699. The second-order valence-electron chi connectivity index (χ2n) is 11.1. The molecule has 0 spiro atoms. The zero-order valence-electron chi connectivity index (χ0n) is 31.0. The number of thioether (sulfide) groups is 2. The third-order valence-electron chi connectivity index (χ3n) is 8.19. The Labute approximate surface area is 316 Å². The molecule has 0 unspecified atom stereocenters. The minimum Gasteiger partial charge on any atom is -0.458 e. The Hall–Kier alpha value is -5.54. The molecule has 8 heteroatoms. The first kappa shape index (κ1) is 39.2. The predicted molar refractivity (Wildman–Crippen MR) is 222 cm³/mol. The van der Waals surface area contributed by atoms with Crippen molar-refractivity contribution >= 4 is 45.7 Å². The highest BCUT2D eigenvalue weighted by Gasteiger charge is 2.31. The van der Waals surface area contributed by atoms with E-state index in [9.17, 15) is 10.5 Å². The van der Waals surface area contributed by atoms with Gasteiger partial charge in [-0.3, -0.25) is 0 Å². The second kappa shape index (κ2) is 18.1. The van der Waals surface area contributed by atoms with Gasteiger partial charge in [-0.1, -0.05) is 102 Å². The van der Waals surface area contributed by atoms with Crippen molar-refractivity contribution in [3.05, 3.63) is 127 Å². The molecule has 0 saturated heterocycles. The monoisotopic (exact) mass is 721 g/mol. The summed E-state index contributed by atoms with van der Waals surface area (Å²) in [7, 11) is 0. The minimum atomic E-state index is 0.446. The van der Waals surface area contributed by atoms with Crippen LogP contribution < -0.4 is 9.64 Å². The van der Waals surface area contributed by atoms with Crippen molar-refractivity contribution in [2.75, 3.05) is 4.90 Å². The van der Waals surface area contributed by atoms with Gasteiger partial charge in [0, 0.05) is 45.7 Å². The van der Waals surface area contributed by atoms with Gasteiger partial charge >= 0.3 is 0 Å². The molecular weight excluding hydrogens is 679 g/mol. The Morgan fingerprint density at radius 3 is 2.02 bits per heavy atom. The van der Waals surface area contributed by atoms with Gasteiger partial charge in [0.1, 0.15) is 26.6 Å². The first-order valence-electron chi connectivity index (χ1n) is 17.2. The third-order valence-corrected chi connectivity index (χ3v) is 9.46. The molecule has 4 aromatic carbocycles. The van der Waals surface area contributed by atoms with Crippen LogP contribution >= 0.6 is 23.5 Å². The van der Waals surface area contributed by atoms with Crippen LogP contribution in [0.2, 0.25) is 0 Å². The average molecular weight is 722 g/mol. The van der Waals surface area contributed by atoms with E-state index in [1.54, 1.807) is 12.2 Å². The quantitative estimate of drug-likeness (QED) is 0.0954. The van der Waals surface area contributed by atoms with Crippen LogP contribution in [0, 0.1) is 35.2 Å². The number of nitrogens with zero attached hydrogens (tertiary/aromatic N) is 5. The van der Waals surface area contributed by atoms with Gasteiger partial charge in [0.25, 0.3) is 0 Å². The van der Waals surface area contributed by atoms with Crippen LogP contribution in [0.4, 0.5) is 11.4 Å². The van der Waals surface area contributed by atoms with E-state index in [0.29, 0.717) is 10.1 Å². The number of hydrogen-bond donors (Lipinski definition) is 0. The van der Waals surface area contributed by atoms with E-state index in [1.165, 1.54) is 0 Å². The predicted octanol–water partition coefficient (Wildman–Crippen LogP) is 13.5. The number of rotatable bonds is 6. The highest BCUT2D eigenvalue weighted by atomic mass is 32.2. The van der Waals surface area contributed by atoms with E-state index in [2.05, 4.69) is 91.2 Å². The zero-order chi connectivity index (χ0) is 37.9. The van der Waals surface area contributed by atoms with Crippen molar-refractivity contribution in [2.24, 2.45) is 0 Å². The lowest BCUT2D eigenvalue weighted by atomic mass is 9.90. The van der Waals surface area contributed by atoms with E-state index < -0.39 is 0 Å². The normalized spacial score (nSPS) is 11.7. The first-order valence-corrected chi connectivity index (χ1v) is 18.9. The standard InChI is InChI=1S/C36H25N5OS2.C4H6.2C2H6/c1-5-9-27-22(4)42-30-13-7-6-12-28(30)41(27)29-17-20(2)26(16-21(29)3)24-15-14-23-10-8-11-25-31(23)32(24)34-33(25)39-35(43-18-37)36(40-34)44-19-38;1-3-4-2;2*1-2/h5-17H,1-4H3;3-4H,1-2H2;2*1-2H3/b9-5-;;;. The van der Waals surface area contributed by atoms with Crippen LogP contribution in [-0.2, 0) is 0 Å². The molecule has 7 rings (SSSR count). The number of benzene rings is 4. The molecular formula is C44H43N5OS2. The van der Waals surface area contributed by atoms with Gasteiger partial charge in [0.05, 0.1) is 22.8 Å². The Morgan fingerprint density at radius 1 is 0.731 bits per heavy atom. The van der Waals surface area contributed by atoms with Crippen molar-refractivity contribution in [3.8, 4) is 50.2 Å². The fourth-order valence-corrected chi connectivity index (χ4v) is 7.17. The van der Waals surface area contributed by atoms with Crippen molar-refractivity contribution in [3.63, 3.8) is 0 Å². The Morgan fingerprint density at radius 2 is 1.38 bits per heavy atom. The number of ether oxygens (including phenoxy) is 1. The molecule has 1 aromatic heterocycles. The molecule has 0 fully saturated rings. The molecule has 0 bridgehead atoms. The van der Waals surface area contributed by atoms with E-state index >= 15 is 0 Å². The zero-order valence-corrected chi connectivity index (χ0v) is 32.7. The molecule has 2 aliphatic rings. The van der Waals surface area contributed by atoms with Crippen molar-refractivity contribution in [2.45, 2.75) is 65.4 Å². The summed E-state index contributed by atoms with van der Waals surface area (Å²) >= 11 is 1.87. The van der Waals surface area contributed by atoms with Crippen LogP contribution in [0.25, 0.3) is 44.4 Å². The number of fused-ring (bicyclic) bond motifs is 4. The molecule has 2 heterocycles. The lowest BCUT2D eigenvalue weighted by Gasteiger charge is -2.34. The van der Waals surface area contributed by atoms with Gasteiger partial charge in [-0.2, -0.15) is 10.5 Å². The number of anilines is 2. The van der Waals surface area contributed by atoms with E-state index in [0.717, 1.165) is 108 Å². The first-order chi connectivity index (χ1) is 25.4. The van der Waals surface area contributed by atoms with Crippen LogP contribution in [0.1, 0.15) is 52.7 Å². The average Bonchev–Trinajstić information content (AvgIpc) is 3.49. The number of allylic oxidation sites excluding steroid dienone is 5. The van der Waals surface area contributed by atoms with Gasteiger partial charge in [-0.15, -0.1) is 0 Å². The Bertz CT molecular complexity index is 2290.